The molecule has 4 aliphatic rings. The Kier molecular flexibility index (Phi) is 3.95. The Bertz CT molecular complexity index is 494. The number of aliphatic hydroxyl groups is 1. The molecule has 0 aromatic rings. The summed E-state index contributed by atoms with van der Waals surface area (Å²) in [5, 5.41) is 9.72. The zero-order chi connectivity index (χ0) is 16.2. The molecule has 0 heterocycles. The van der Waals surface area contributed by atoms with E-state index in [-0.39, 0.29) is 0 Å². The van der Waals surface area contributed by atoms with E-state index in [0.29, 0.717) is 23.4 Å². The Hall–Kier alpha value is -0.300. The van der Waals surface area contributed by atoms with Crippen LogP contribution < -0.4 is 0 Å². The number of allylic oxidation sites excluding steroid dienone is 2. The maximum atomic E-state index is 9.72. The van der Waals surface area contributed by atoms with Crippen molar-refractivity contribution >= 4 is 0 Å². The third-order valence-electron chi connectivity index (χ3n) is 9.07. The first-order chi connectivity index (χ1) is 11.0. The van der Waals surface area contributed by atoms with E-state index in [1.165, 1.54) is 57.8 Å². The molecule has 1 N–H and O–H groups in total. The number of rotatable bonds is 2. The highest BCUT2D eigenvalue weighted by Crippen LogP contribution is 2.67. The molecule has 0 saturated heterocycles. The van der Waals surface area contributed by atoms with Gasteiger partial charge in [0.25, 0.3) is 0 Å². The molecule has 0 aromatic carbocycles. The second-order valence-corrected chi connectivity index (χ2v) is 9.85. The van der Waals surface area contributed by atoms with E-state index in [0.717, 1.165) is 23.7 Å². The quantitative estimate of drug-likeness (QED) is 0.659. The van der Waals surface area contributed by atoms with Crippen molar-refractivity contribution in [2.24, 2.45) is 40.4 Å². The molecule has 0 bridgehead atoms. The lowest BCUT2D eigenvalue weighted by atomic mass is 9.47. The minimum atomic E-state index is 0.378. The first-order valence-electron chi connectivity index (χ1n) is 10.3. The Morgan fingerprint density at radius 1 is 1.13 bits per heavy atom. The predicted molar refractivity (Wildman–Crippen MR) is 96.1 cm³/mol. The molecule has 0 amide bonds. The Labute approximate surface area is 142 Å². The summed E-state index contributed by atoms with van der Waals surface area (Å²) < 4.78 is 0. The van der Waals surface area contributed by atoms with Crippen LogP contribution in [0, 0.1) is 40.4 Å². The average molecular weight is 317 g/mol. The minimum Gasteiger partial charge on any atom is -0.396 e. The van der Waals surface area contributed by atoms with Crippen LogP contribution in [-0.2, 0) is 0 Å². The number of aliphatic hydroxyl groups excluding tert-OH is 1. The zero-order valence-corrected chi connectivity index (χ0v) is 15.5. The van der Waals surface area contributed by atoms with Gasteiger partial charge in [-0.05, 0) is 91.8 Å². The molecule has 3 fully saturated rings. The standard InChI is InChI=1S/C22H36O/c1-15(14-23)18-9-10-19-17-8-7-16-6-4-5-12-21(16,2)20(17)11-13-22(18,19)3/h7,15,17-20,23H,4-6,8-14H2,1-3H3/t15?,17-,18+,19-,20-,21-,22+/m0/s1. The lowest BCUT2D eigenvalue weighted by Gasteiger charge is -2.58. The van der Waals surface area contributed by atoms with Crippen LogP contribution in [0.3, 0.4) is 0 Å². The van der Waals surface area contributed by atoms with Crippen molar-refractivity contribution in [3.63, 3.8) is 0 Å². The van der Waals surface area contributed by atoms with Crippen LogP contribution in [0.15, 0.2) is 11.6 Å². The second-order valence-electron chi connectivity index (χ2n) is 9.85. The van der Waals surface area contributed by atoms with E-state index in [2.05, 4.69) is 26.8 Å². The third-order valence-corrected chi connectivity index (χ3v) is 9.07. The van der Waals surface area contributed by atoms with Crippen molar-refractivity contribution in [1.29, 1.82) is 0 Å². The van der Waals surface area contributed by atoms with E-state index in [1.54, 1.807) is 0 Å². The predicted octanol–water partition coefficient (Wildman–Crippen LogP) is 5.58. The monoisotopic (exact) mass is 316 g/mol. The fourth-order valence-electron chi connectivity index (χ4n) is 7.80. The van der Waals surface area contributed by atoms with Crippen LogP contribution >= 0.6 is 0 Å². The molecular formula is C22H36O. The van der Waals surface area contributed by atoms with E-state index in [1.807, 2.05) is 5.57 Å². The molecule has 4 rings (SSSR count). The van der Waals surface area contributed by atoms with Crippen LogP contribution in [-0.4, -0.2) is 11.7 Å². The molecule has 1 heteroatoms. The zero-order valence-electron chi connectivity index (χ0n) is 15.5. The average Bonchev–Trinajstić information content (AvgIpc) is 2.91. The Morgan fingerprint density at radius 3 is 2.74 bits per heavy atom. The lowest BCUT2D eigenvalue weighted by Crippen LogP contribution is -2.50. The molecule has 0 aromatic heterocycles. The second kappa shape index (κ2) is 5.61. The van der Waals surface area contributed by atoms with Crippen LogP contribution in [0.5, 0.6) is 0 Å². The summed E-state index contributed by atoms with van der Waals surface area (Å²) in [6.07, 6.45) is 15.4. The maximum Gasteiger partial charge on any atom is 0.0459 e. The highest BCUT2D eigenvalue weighted by atomic mass is 16.3. The summed E-state index contributed by atoms with van der Waals surface area (Å²) in [6.45, 7) is 7.86. The van der Waals surface area contributed by atoms with Gasteiger partial charge in [0.15, 0.2) is 0 Å². The van der Waals surface area contributed by atoms with Crippen molar-refractivity contribution in [3.8, 4) is 0 Å². The number of hydrogen-bond donors (Lipinski definition) is 1. The molecule has 130 valence electrons. The lowest BCUT2D eigenvalue weighted by molar-refractivity contribution is -0.0531. The fraction of sp³-hybridized carbons (Fsp3) is 0.909. The van der Waals surface area contributed by atoms with Gasteiger partial charge in [0.1, 0.15) is 0 Å². The van der Waals surface area contributed by atoms with Crippen molar-refractivity contribution in [1.82, 2.24) is 0 Å². The summed E-state index contributed by atoms with van der Waals surface area (Å²) >= 11 is 0. The summed E-state index contributed by atoms with van der Waals surface area (Å²) in [7, 11) is 0. The van der Waals surface area contributed by atoms with Crippen LogP contribution in [0.25, 0.3) is 0 Å². The van der Waals surface area contributed by atoms with Gasteiger partial charge in [-0.25, -0.2) is 0 Å². The van der Waals surface area contributed by atoms with E-state index >= 15 is 0 Å². The molecular weight excluding hydrogens is 280 g/mol. The van der Waals surface area contributed by atoms with Crippen LogP contribution in [0.2, 0.25) is 0 Å². The maximum absolute atomic E-state index is 9.72. The van der Waals surface area contributed by atoms with E-state index < -0.39 is 0 Å². The Balaban J connectivity index is 1.64. The van der Waals surface area contributed by atoms with Gasteiger partial charge >= 0.3 is 0 Å². The van der Waals surface area contributed by atoms with Gasteiger partial charge in [-0.3, -0.25) is 0 Å². The van der Waals surface area contributed by atoms with E-state index in [4.69, 9.17) is 0 Å². The SMILES string of the molecule is CC(CO)[C@H]1CC[C@H]2[C@@H]3CC=C4CCCC[C@]4(C)[C@H]3CC[C@]12C. The molecule has 0 spiro atoms. The largest absolute Gasteiger partial charge is 0.396 e. The fourth-order valence-corrected chi connectivity index (χ4v) is 7.80. The highest BCUT2D eigenvalue weighted by Gasteiger charge is 2.58. The highest BCUT2D eigenvalue weighted by molar-refractivity contribution is 5.24. The first-order valence-corrected chi connectivity index (χ1v) is 10.3. The molecule has 4 aliphatic carbocycles. The summed E-state index contributed by atoms with van der Waals surface area (Å²) in [5.74, 6) is 4.03. The Morgan fingerprint density at radius 2 is 1.96 bits per heavy atom. The molecule has 1 unspecified atom stereocenters. The van der Waals surface area contributed by atoms with Crippen molar-refractivity contribution < 1.29 is 5.11 Å². The summed E-state index contributed by atoms with van der Waals surface area (Å²) in [5.41, 5.74) is 2.86. The van der Waals surface area contributed by atoms with Gasteiger partial charge in [-0.2, -0.15) is 0 Å². The van der Waals surface area contributed by atoms with Crippen LogP contribution in [0.1, 0.15) is 78.6 Å². The summed E-state index contributed by atoms with van der Waals surface area (Å²) in [6, 6.07) is 0. The van der Waals surface area contributed by atoms with Crippen molar-refractivity contribution in [3.05, 3.63) is 11.6 Å². The smallest absolute Gasteiger partial charge is 0.0459 e. The molecule has 3 saturated carbocycles. The number of fused-ring (bicyclic) bond motifs is 5. The van der Waals surface area contributed by atoms with Gasteiger partial charge in [-0.1, -0.05) is 38.8 Å². The van der Waals surface area contributed by atoms with Gasteiger partial charge in [0.2, 0.25) is 0 Å². The minimum absolute atomic E-state index is 0.378. The van der Waals surface area contributed by atoms with Gasteiger partial charge in [-0.15, -0.1) is 0 Å². The van der Waals surface area contributed by atoms with Crippen molar-refractivity contribution in [2.45, 2.75) is 78.6 Å². The molecule has 0 aliphatic heterocycles. The summed E-state index contributed by atoms with van der Waals surface area (Å²) in [4.78, 5) is 0. The van der Waals surface area contributed by atoms with Gasteiger partial charge < -0.3 is 5.11 Å². The van der Waals surface area contributed by atoms with Gasteiger partial charge in [0.05, 0.1) is 0 Å². The van der Waals surface area contributed by atoms with Crippen molar-refractivity contribution in [2.75, 3.05) is 6.61 Å². The van der Waals surface area contributed by atoms with Gasteiger partial charge in [0, 0.05) is 6.61 Å². The molecule has 0 radical (unpaired) electrons. The molecule has 7 atom stereocenters. The topological polar surface area (TPSA) is 20.2 Å². The van der Waals surface area contributed by atoms with Crippen LogP contribution in [0.4, 0.5) is 0 Å². The third kappa shape index (κ3) is 2.21. The normalized spacial score (nSPS) is 50.5. The number of hydrogen-bond acceptors (Lipinski definition) is 1. The first kappa shape index (κ1) is 16.2. The molecule has 1 nitrogen and oxygen atoms in total. The van der Waals surface area contributed by atoms with E-state index in [9.17, 15) is 5.11 Å². The molecule has 23 heavy (non-hydrogen) atoms.